The number of carbonyl (C=O) groups excluding carboxylic acids is 1. The molecule has 2 heterocycles. The van der Waals surface area contributed by atoms with Gasteiger partial charge in [-0.05, 0) is 13.0 Å². The van der Waals surface area contributed by atoms with Crippen molar-refractivity contribution >= 4 is 21.8 Å². The second-order valence-electron chi connectivity index (χ2n) is 3.68. The van der Waals surface area contributed by atoms with E-state index in [9.17, 15) is 4.79 Å². The Bertz CT molecular complexity index is 342. The number of alkyl halides is 1. The number of rotatable bonds is 2. The van der Waals surface area contributed by atoms with Crippen molar-refractivity contribution in [1.82, 2.24) is 4.90 Å². The predicted octanol–water partition coefficient (Wildman–Crippen LogP) is 2.05. The number of likely N-dealkylation sites (tertiary alicyclic amines) is 1. The molecule has 2 rings (SSSR count). The fourth-order valence-corrected chi connectivity index (χ4v) is 1.98. The number of aryl methyl sites for hydroxylation is 1. The Hall–Kier alpha value is -0.770. The number of nitrogens with zero attached hydrogens (tertiary/aromatic N) is 1. The van der Waals surface area contributed by atoms with Gasteiger partial charge in [-0.1, -0.05) is 15.9 Å². The van der Waals surface area contributed by atoms with Crippen LogP contribution in [-0.4, -0.2) is 29.2 Å². The van der Waals surface area contributed by atoms with Gasteiger partial charge >= 0.3 is 0 Å². The first-order chi connectivity index (χ1) is 6.70. The summed E-state index contributed by atoms with van der Waals surface area (Å²) in [5.41, 5.74) is 0.663. The monoisotopic (exact) mass is 257 g/mol. The smallest absolute Gasteiger partial charge is 0.257 e. The molecule has 0 aliphatic carbocycles. The van der Waals surface area contributed by atoms with Crippen molar-refractivity contribution in [3.05, 3.63) is 23.7 Å². The van der Waals surface area contributed by atoms with Gasteiger partial charge < -0.3 is 9.32 Å². The summed E-state index contributed by atoms with van der Waals surface area (Å²) >= 11 is 3.41. The summed E-state index contributed by atoms with van der Waals surface area (Å²) in [4.78, 5) is 13.6. The first kappa shape index (κ1) is 9.77. The molecule has 1 fully saturated rings. The fraction of sp³-hybridized carbons (Fsp3) is 0.500. The second-order valence-corrected chi connectivity index (χ2v) is 4.32. The highest BCUT2D eigenvalue weighted by atomic mass is 79.9. The molecule has 0 bridgehead atoms. The van der Waals surface area contributed by atoms with Gasteiger partial charge in [0.1, 0.15) is 12.0 Å². The van der Waals surface area contributed by atoms with Gasteiger partial charge in [-0.3, -0.25) is 4.79 Å². The summed E-state index contributed by atoms with van der Waals surface area (Å²) in [6.07, 6.45) is 1.53. The van der Waals surface area contributed by atoms with Gasteiger partial charge in [0, 0.05) is 24.3 Å². The molecule has 4 heteroatoms. The van der Waals surface area contributed by atoms with Crippen LogP contribution in [0.5, 0.6) is 0 Å². The molecule has 0 aromatic carbocycles. The van der Waals surface area contributed by atoms with E-state index in [0.717, 1.165) is 24.2 Å². The Morgan fingerprint density at radius 2 is 2.43 bits per heavy atom. The molecule has 0 N–H and O–H groups in total. The molecule has 0 spiro atoms. The van der Waals surface area contributed by atoms with E-state index in [2.05, 4.69) is 15.9 Å². The molecule has 1 aliphatic rings. The number of amides is 1. The standard InChI is InChI=1S/C10H12BrNO2/c1-7-2-9(6-14-7)10(13)12-4-8(3-11)5-12/h2,6,8H,3-5H2,1H3. The molecule has 1 amide bonds. The first-order valence-corrected chi connectivity index (χ1v) is 5.73. The highest BCUT2D eigenvalue weighted by Gasteiger charge is 2.30. The van der Waals surface area contributed by atoms with Crippen molar-refractivity contribution in [3.63, 3.8) is 0 Å². The number of hydrogen-bond donors (Lipinski definition) is 0. The number of furan rings is 1. The van der Waals surface area contributed by atoms with Gasteiger partial charge in [-0.2, -0.15) is 0 Å². The van der Waals surface area contributed by atoms with Gasteiger partial charge in [0.25, 0.3) is 5.91 Å². The van der Waals surface area contributed by atoms with E-state index in [1.807, 2.05) is 11.8 Å². The molecular weight excluding hydrogens is 246 g/mol. The van der Waals surface area contributed by atoms with E-state index in [-0.39, 0.29) is 5.91 Å². The summed E-state index contributed by atoms with van der Waals surface area (Å²) in [6, 6.07) is 1.78. The SMILES string of the molecule is Cc1cc(C(=O)N2CC(CBr)C2)co1. The maximum absolute atomic E-state index is 11.8. The van der Waals surface area contributed by atoms with Crippen molar-refractivity contribution in [2.75, 3.05) is 18.4 Å². The zero-order chi connectivity index (χ0) is 10.1. The lowest BCUT2D eigenvalue weighted by atomic mass is 10.0. The van der Waals surface area contributed by atoms with Gasteiger partial charge in [-0.15, -0.1) is 0 Å². The third kappa shape index (κ3) is 1.71. The second kappa shape index (κ2) is 3.77. The minimum atomic E-state index is 0.0825. The molecule has 76 valence electrons. The zero-order valence-electron chi connectivity index (χ0n) is 8.00. The molecule has 0 radical (unpaired) electrons. The van der Waals surface area contributed by atoms with E-state index in [1.54, 1.807) is 6.07 Å². The Balaban J connectivity index is 1.97. The van der Waals surface area contributed by atoms with Crippen LogP contribution < -0.4 is 0 Å². The Morgan fingerprint density at radius 1 is 1.71 bits per heavy atom. The van der Waals surface area contributed by atoms with Crippen LogP contribution in [0.2, 0.25) is 0 Å². The molecule has 0 atom stereocenters. The highest BCUT2D eigenvalue weighted by Crippen LogP contribution is 2.20. The van der Waals surface area contributed by atoms with Gasteiger partial charge in [0.15, 0.2) is 0 Å². The van der Waals surface area contributed by atoms with Crippen LogP contribution in [0.25, 0.3) is 0 Å². The number of hydrogen-bond acceptors (Lipinski definition) is 2. The largest absolute Gasteiger partial charge is 0.469 e. The van der Waals surface area contributed by atoms with Crippen molar-refractivity contribution < 1.29 is 9.21 Å². The molecule has 14 heavy (non-hydrogen) atoms. The van der Waals surface area contributed by atoms with E-state index < -0.39 is 0 Å². The van der Waals surface area contributed by atoms with Crippen LogP contribution in [0.3, 0.4) is 0 Å². The topological polar surface area (TPSA) is 33.5 Å². The summed E-state index contributed by atoms with van der Waals surface area (Å²) in [7, 11) is 0. The van der Waals surface area contributed by atoms with Crippen LogP contribution in [0.1, 0.15) is 16.1 Å². The van der Waals surface area contributed by atoms with E-state index in [4.69, 9.17) is 4.42 Å². The lowest BCUT2D eigenvalue weighted by Gasteiger charge is -2.38. The van der Waals surface area contributed by atoms with Crippen molar-refractivity contribution in [2.24, 2.45) is 5.92 Å². The molecule has 1 aromatic rings. The molecule has 0 unspecified atom stereocenters. The molecule has 1 aromatic heterocycles. The van der Waals surface area contributed by atoms with Crippen LogP contribution in [-0.2, 0) is 0 Å². The Kier molecular flexibility index (Phi) is 2.63. The quantitative estimate of drug-likeness (QED) is 0.761. The average molecular weight is 258 g/mol. The summed E-state index contributed by atoms with van der Waals surface area (Å²) < 4.78 is 5.10. The van der Waals surface area contributed by atoms with Crippen LogP contribution in [0, 0.1) is 12.8 Å². The van der Waals surface area contributed by atoms with Gasteiger partial charge in [-0.25, -0.2) is 0 Å². The van der Waals surface area contributed by atoms with Crippen molar-refractivity contribution in [2.45, 2.75) is 6.92 Å². The van der Waals surface area contributed by atoms with Crippen molar-refractivity contribution in [3.8, 4) is 0 Å². The highest BCUT2D eigenvalue weighted by molar-refractivity contribution is 9.09. The minimum absolute atomic E-state index is 0.0825. The normalized spacial score (nSPS) is 16.9. The lowest BCUT2D eigenvalue weighted by Crippen LogP contribution is -2.50. The van der Waals surface area contributed by atoms with E-state index in [1.165, 1.54) is 6.26 Å². The molecule has 1 saturated heterocycles. The lowest BCUT2D eigenvalue weighted by molar-refractivity contribution is 0.0538. The third-order valence-electron chi connectivity index (χ3n) is 2.44. The summed E-state index contributed by atoms with van der Waals surface area (Å²) in [6.45, 7) is 3.55. The van der Waals surface area contributed by atoms with Crippen LogP contribution in [0.15, 0.2) is 16.7 Å². The summed E-state index contributed by atoms with van der Waals surface area (Å²) in [5, 5.41) is 0.973. The minimum Gasteiger partial charge on any atom is -0.469 e. The van der Waals surface area contributed by atoms with E-state index >= 15 is 0 Å². The van der Waals surface area contributed by atoms with Crippen LogP contribution in [0.4, 0.5) is 0 Å². The average Bonchev–Trinajstić information content (AvgIpc) is 2.49. The van der Waals surface area contributed by atoms with Gasteiger partial charge in [0.2, 0.25) is 0 Å². The zero-order valence-corrected chi connectivity index (χ0v) is 9.58. The molecule has 0 saturated carbocycles. The fourth-order valence-electron chi connectivity index (χ4n) is 1.57. The number of carbonyl (C=O) groups is 1. The Morgan fingerprint density at radius 3 is 2.93 bits per heavy atom. The molecular formula is C10H12BrNO2. The summed E-state index contributed by atoms with van der Waals surface area (Å²) in [5.74, 6) is 1.48. The number of halogens is 1. The van der Waals surface area contributed by atoms with E-state index in [0.29, 0.717) is 11.5 Å². The van der Waals surface area contributed by atoms with Crippen molar-refractivity contribution in [1.29, 1.82) is 0 Å². The first-order valence-electron chi connectivity index (χ1n) is 4.61. The molecule has 1 aliphatic heterocycles. The third-order valence-corrected chi connectivity index (χ3v) is 3.36. The molecule has 3 nitrogen and oxygen atoms in total. The Labute approximate surface area is 91.2 Å². The van der Waals surface area contributed by atoms with Crippen LogP contribution >= 0.6 is 15.9 Å². The van der Waals surface area contributed by atoms with Gasteiger partial charge in [0.05, 0.1) is 5.56 Å². The maximum Gasteiger partial charge on any atom is 0.257 e. The predicted molar refractivity (Wildman–Crippen MR) is 56.6 cm³/mol. The maximum atomic E-state index is 11.8.